The molecular formula is C43H29N3O. The zero-order valence-corrected chi connectivity index (χ0v) is 25.5. The summed E-state index contributed by atoms with van der Waals surface area (Å²) in [6.45, 7) is 0. The van der Waals surface area contributed by atoms with Crippen LogP contribution in [-0.4, -0.2) is 17.9 Å². The molecule has 4 heteroatoms. The van der Waals surface area contributed by atoms with E-state index in [-0.39, 0.29) is 5.84 Å². The van der Waals surface area contributed by atoms with Gasteiger partial charge in [0.15, 0.2) is 11.7 Å². The molecule has 0 spiro atoms. The highest BCUT2D eigenvalue weighted by Gasteiger charge is 2.11. The molecule has 222 valence electrons. The minimum atomic E-state index is 0.143. The van der Waals surface area contributed by atoms with Gasteiger partial charge in [0.25, 0.3) is 0 Å². The molecule has 0 aliphatic carbocycles. The molecule has 0 aliphatic rings. The van der Waals surface area contributed by atoms with E-state index in [2.05, 4.69) is 72.8 Å². The van der Waals surface area contributed by atoms with Crippen molar-refractivity contribution in [2.24, 2.45) is 9.98 Å². The standard InChI is InChI=1S/C43H29N3O/c44-42(36-15-9-14-35(27-36)31-12-5-2-6-13-31)46-43(34-22-20-32(21-23-34)30-10-3-1-4-11-30)45-28-29-18-19-33-24-25-38-37-16-7-8-17-40(37)47-41(38)39(33)26-29/h1-28,44H. The number of benzene rings is 7. The van der Waals surface area contributed by atoms with Gasteiger partial charge >= 0.3 is 0 Å². The molecule has 8 rings (SSSR count). The predicted molar refractivity (Wildman–Crippen MR) is 196 cm³/mol. The Hall–Kier alpha value is -6.39. The second kappa shape index (κ2) is 12.2. The molecule has 0 saturated heterocycles. The topological polar surface area (TPSA) is 61.7 Å². The number of para-hydroxylation sites is 1. The SMILES string of the molecule is N=C(N=C(N=Cc1ccc2ccc3c4ccccc4oc3c2c1)c1ccc(-c2ccccc2)cc1)c1cccc(-c2ccccc2)c1. The molecule has 1 heterocycles. The van der Waals surface area contributed by atoms with Gasteiger partial charge in [-0.1, -0.05) is 140 Å². The summed E-state index contributed by atoms with van der Waals surface area (Å²) in [6.07, 6.45) is 1.82. The Bertz CT molecular complexity index is 2460. The lowest BCUT2D eigenvalue weighted by molar-refractivity contribution is 0.672. The van der Waals surface area contributed by atoms with Crippen molar-refractivity contribution < 1.29 is 4.42 Å². The van der Waals surface area contributed by atoms with E-state index in [9.17, 15) is 0 Å². The van der Waals surface area contributed by atoms with Gasteiger partial charge in [0.05, 0.1) is 0 Å². The molecule has 1 aromatic heterocycles. The molecule has 0 bridgehead atoms. The number of nitrogens with zero attached hydrogens (tertiary/aromatic N) is 2. The number of furan rings is 1. The predicted octanol–water partition coefficient (Wildman–Crippen LogP) is 11.0. The molecule has 0 saturated carbocycles. The zero-order chi connectivity index (χ0) is 31.6. The number of nitrogens with one attached hydrogen (secondary N) is 1. The van der Waals surface area contributed by atoms with Crippen LogP contribution in [0.2, 0.25) is 0 Å². The van der Waals surface area contributed by atoms with Crippen molar-refractivity contribution in [1.29, 1.82) is 5.41 Å². The largest absolute Gasteiger partial charge is 0.455 e. The fourth-order valence-electron chi connectivity index (χ4n) is 5.99. The van der Waals surface area contributed by atoms with E-state index in [1.807, 2.05) is 97.2 Å². The van der Waals surface area contributed by atoms with Crippen molar-refractivity contribution in [3.8, 4) is 22.3 Å². The lowest BCUT2D eigenvalue weighted by Crippen LogP contribution is -2.05. The Morgan fingerprint density at radius 2 is 1.17 bits per heavy atom. The molecule has 0 fully saturated rings. The van der Waals surface area contributed by atoms with E-state index in [1.165, 1.54) is 0 Å². The third-order valence-electron chi connectivity index (χ3n) is 8.43. The average molecular weight is 604 g/mol. The van der Waals surface area contributed by atoms with Crippen LogP contribution in [0.25, 0.3) is 55.0 Å². The average Bonchev–Trinajstić information content (AvgIpc) is 3.53. The number of rotatable bonds is 5. The summed E-state index contributed by atoms with van der Waals surface area (Å²) < 4.78 is 6.31. The van der Waals surface area contributed by atoms with Gasteiger partial charge < -0.3 is 4.42 Å². The second-order valence-electron chi connectivity index (χ2n) is 11.5. The van der Waals surface area contributed by atoms with Crippen LogP contribution in [0.4, 0.5) is 0 Å². The molecule has 0 radical (unpaired) electrons. The van der Waals surface area contributed by atoms with Crippen LogP contribution in [0.15, 0.2) is 178 Å². The van der Waals surface area contributed by atoms with E-state index in [0.717, 1.165) is 71.7 Å². The first-order valence-electron chi connectivity index (χ1n) is 15.6. The molecule has 0 aliphatic heterocycles. The Kier molecular flexibility index (Phi) is 7.29. The molecule has 8 aromatic rings. The van der Waals surface area contributed by atoms with Crippen molar-refractivity contribution in [3.63, 3.8) is 0 Å². The maximum absolute atomic E-state index is 9.01. The van der Waals surface area contributed by atoms with Crippen molar-refractivity contribution in [3.05, 3.63) is 180 Å². The highest BCUT2D eigenvalue weighted by Crippen LogP contribution is 2.34. The first kappa shape index (κ1) is 28.1. The van der Waals surface area contributed by atoms with Crippen molar-refractivity contribution >= 4 is 50.6 Å². The number of amidine groups is 2. The maximum Gasteiger partial charge on any atom is 0.161 e. The lowest BCUT2D eigenvalue weighted by atomic mass is 10.0. The van der Waals surface area contributed by atoms with Crippen LogP contribution in [-0.2, 0) is 0 Å². The third kappa shape index (κ3) is 5.65. The van der Waals surface area contributed by atoms with Crippen molar-refractivity contribution in [2.75, 3.05) is 0 Å². The van der Waals surface area contributed by atoms with E-state index in [4.69, 9.17) is 19.8 Å². The smallest absolute Gasteiger partial charge is 0.161 e. The minimum absolute atomic E-state index is 0.143. The molecule has 0 atom stereocenters. The first-order chi connectivity index (χ1) is 23.2. The monoisotopic (exact) mass is 603 g/mol. The Morgan fingerprint density at radius 1 is 0.511 bits per heavy atom. The van der Waals surface area contributed by atoms with Gasteiger partial charge in [0.1, 0.15) is 11.2 Å². The van der Waals surface area contributed by atoms with Crippen LogP contribution in [0.3, 0.4) is 0 Å². The van der Waals surface area contributed by atoms with Crippen LogP contribution < -0.4 is 0 Å². The molecule has 7 aromatic carbocycles. The summed E-state index contributed by atoms with van der Waals surface area (Å²) in [5, 5.41) is 13.3. The van der Waals surface area contributed by atoms with Gasteiger partial charge in [-0.15, -0.1) is 0 Å². The summed E-state index contributed by atoms with van der Waals surface area (Å²) in [4.78, 5) is 9.69. The maximum atomic E-state index is 9.01. The lowest BCUT2D eigenvalue weighted by Gasteiger charge is -2.08. The highest BCUT2D eigenvalue weighted by atomic mass is 16.3. The fraction of sp³-hybridized carbons (Fsp3) is 0. The third-order valence-corrected chi connectivity index (χ3v) is 8.43. The van der Waals surface area contributed by atoms with Crippen LogP contribution in [0.5, 0.6) is 0 Å². The summed E-state index contributed by atoms with van der Waals surface area (Å²) in [5.74, 6) is 0.603. The highest BCUT2D eigenvalue weighted by molar-refractivity contribution is 6.17. The summed E-state index contributed by atoms with van der Waals surface area (Å²) in [5.41, 5.74) is 8.57. The summed E-state index contributed by atoms with van der Waals surface area (Å²) >= 11 is 0. The minimum Gasteiger partial charge on any atom is -0.455 e. The quantitative estimate of drug-likeness (QED) is 0.154. The molecule has 0 unspecified atom stereocenters. The van der Waals surface area contributed by atoms with E-state index in [1.54, 1.807) is 0 Å². The molecule has 0 amide bonds. The molecule has 47 heavy (non-hydrogen) atoms. The van der Waals surface area contributed by atoms with E-state index < -0.39 is 0 Å². The number of hydrogen-bond acceptors (Lipinski definition) is 2. The van der Waals surface area contributed by atoms with Crippen LogP contribution >= 0.6 is 0 Å². The zero-order valence-electron chi connectivity index (χ0n) is 25.5. The summed E-state index contributed by atoms with van der Waals surface area (Å²) in [7, 11) is 0. The van der Waals surface area contributed by atoms with Gasteiger partial charge in [-0.2, -0.15) is 0 Å². The van der Waals surface area contributed by atoms with Gasteiger partial charge in [0, 0.05) is 33.5 Å². The molecular weight excluding hydrogens is 574 g/mol. The molecule has 4 nitrogen and oxygen atoms in total. The number of hydrogen-bond donors (Lipinski definition) is 1. The summed E-state index contributed by atoms with van der Waals surface area (Å²) in [6, 6.07) is 55.2. The van der Waals surface area contributed by atoms with Crippen molar-refractivity contribution in [2.45, 2.75) is 0 Å². The Morgan fingerprint density at radius 3 is 1.96 bits per heavy atom. The van der Waals surface area contributed by atoms with Crippen LogP contribution in [0.1, 0.15) is 16.7 Å². The van der Waals surface area contributed by atoms with E-state index >= 15 is 0 Å². The van der Waals surface area contributed by atoms with Gasteiger partial charge in [-0.05, 0) is 57.5 Å². The van der Waals surface area contributed by atoms with E-state index in [0.29, 0.717) is 5.84 Å². The normalized spacial score (nSPS) is 12.0. The van der Waals surface area contributed by atoms with Crippen molar-refractivity contribution in [1.82, 2.24) is 0 Å². The fourth-order valence-corrected chi connectivity index (χ4v) is 5.99. The Balaban J connectivity index is 1.19. The van der Waals surface area contributed by atoms with Gasteiger partial charge in [0.2, 0.25) is 0 Å². The second-order valence-corrected chi connectivity index (χ2v) is 11.5. The molecule has 1 N–H and O–H groups in total. The first-order valence-corrected chi connectivity index (χ1v) is 15.6. The number of fused-ring (bicyclic) bond motifs is 5. The van der Waals surface area contributed by atoms with Gasteiger partial charge in [-0.25, -0.2) is 9.98 Å². The van der Waals surface area contributed by atoms with Gasteiger partial charge in [-0.3, -0.25) is 5.41 Å². The van der Waals surface area contributed by atoms with Crippen LogP contribution in [0, 0.1) is 5.41 Å². The Labute approximate surface area is 272 Å². The number of aliphatic imine (C=N–C) groups is 2.